The maximum Gasteiger partial charge on any atom is 0.354 e. The number of hydrogen-bond donors (Lipinski definition) is 2. The third-order valence-electron chi connectivity index (χ3n) is 5.76. The number of ether oxygens (including phenoxy) is 2. The van der Waals surface area contributed by atoms with Crippen LogP contribution in [0, 0.1) is 0 Å². The first-order chi connectivity index (χ1) is 15.9. The van der Waals surface area contributed by atoms with Crippen molar-refractivity contribution in [2.75, 3.05) is 6.61 Å². The second kappa shape index (κ2) is 10.4. The summed E-state index contributed by atoms with van der Waals surface area (Å²) in [5, 5.41) is 24.6. The number of aliphatic hydroxyl groups excluding tert-OH is 1. The van der Waals surface area contributed by atoms with E-state index in [2.05, 4.69) is 5.10 Å². The number of hydrogen-bond acceptors (Lipinski definition) is 5. The number of carbonyl (C=O) groups is 1. The van der Waals surface area contributed by atoms with Gasteiger partial charge in [0.25, 0.3) is 0 Å². The first-order valence-electron chi connectivity index (χ1n) is 11.0. The van der Waals surface area contributed by atoms with Crippen LogP contribution in [-0.4, -0.2) is 44.8 Å². The Hall–Kier alpha value is -2.87. The van der Waals surface area contributed by atoms with Crippen LogP contribution in [0.5, 0.6) is 5.75 Å². The number of aromatic nitrogens is 2. The summed E-state index contributed by atoms with van der Waals surface area (Å²) in [5.41, 5.74) is 3.11. The van der Waals surface area contributed by atoms with E-state index in [4.69, 9.17) is 21.1 Å². The molecule has 33 heavy (non-hydrogen) atoms. The van der Waals surface area contributed by atoms with Crippen LogP contribution in [0.4, 0.5) is 0 Å². The molecule has 1 fully saturated rings. The SMILES string of the molecule is CCOc1ccc(Cc2cc(C3CC(O)CC(Cn4nccc4C(=O)O)O3)ccc2Cl)cc1. The molecule has 8 heteroatoms. The molecule has 2 aromatic carbocycles. The molecule has 4 rings (SSSR count). The van der Waals surface area contributed by atoms with Crippen molar-refractivity contribution < 1.29 is 24.5 Å². The lowest BCUT2D eigenvalue weighted by atomic mass is 9.94. The Morgan fingerprint density at radius 1 is 1.21 bits per heavy atom. The first kappa shape index (κ1) is 23.3. The van der Waals surface area contributed by atoms with Crippen molar-refractivity contribution in [2.24, 2.45) is 0 Å². The number of rotatable bonds is 8. The second-order valence-electron chi connectivity index (χ2n) is 8.18. The molecule has 0 saturated carbocycles. The smallest absolute Gasteiger partial charge is 0.354 e. The third-order valence-corrected chi connectivity index (χ3v) is 6.13. The molecule has 1 aliphatic rings. The van der Waals surface area contributed by atoms with E-state index < -0.39 is 12.1 Å². The van der Waals surface area contributed by atoms with Gasteiger partial charge in [-0.15, -0.1) is 0 Å². The van der Waals surface area contributed by atoms with E-state index in [0.29, 0.717) is 30.9 Å². The number of nitrogens with zero attached hydrogens (tertiary/aromatic N) is 2. The van der Waals surface area contributed by atoms with Gasteiger partial charge in [-0.1, -0.05) is 35.9 Å². The second-order valence-corrected chi connectivity index (χ2v) is 8.59. The number of benzene rings is 2. The number of halogens is 1. The summed E-state index contributed by atoms with van der Waals surface area (Å²) in [4.78, 5) is 11.4. The zero-order valence-corrected chi connectivity index (χ0v) is 19.1. The van der Waals surface area contributed by atoms with Gasteiger partial charge in [-0.05, 0) is 54.3 Å². The largest absolute Gasteiger partial charge is 0.494 e. The number of carboxylic acids is 1. The lowest BCUT2D eigenvalue weighted by Crippen LogP contribution is -2.35. The average Bonchev–Trinajstić information content (AvgIpc) is 3.25. The minimum atomic E-state index is -1.04. The summed E-state index contributed by atoms with van der Waals surface area (Å²) < 4.78 is 13.2. The molecule has 3 unspecified atom stereocenters. The van der Waals surface area contributed by atoms with Gasteiger partial charge in [0, 0.05) is 24.1 Å². The summed E-state index contributed by atoms with van der Waals surface area (Å²) >= 11 is 6.48. The summed E-state index contributed by atoms with van der Waals surface area (Å²) in [6.45, 7) is 2.84. The van der Waals surface area contributed by atoms with Gasteiger partial charge in [-0.2, -0.15) is 5.10 Å². The Balaban J connectivity index is 1.49. The molecule has 1 aromatic heterocycles. The standard InChI is InChI=1S/C25H27ClN2O5/c1-2-32-20-6-3-16(4-7-20)11-18-12-17(5-8-22(18)26)24-14-19(29)13-21(33-24)15-28-23(25(30)31)9-10-27-28/h3-10,12,19,21,24,29H,2,11,13-15H2,1H3,(H,30,31). The van der Waals surface area contributed by atoms with E-state index in [1.807, 2.05) is 49.4 Å². The lowest BCUT2D eigenvalue weighted by Gasteiger charge is -2.34. The van der Waals surface area contributed by atoms with Crippen molar-refractivity contribution in [3.63, 3.8) is 0 Å². The van der Waals surface area contributed by atoms with Gasteiger partial charge in [0.1, 0.15) is 11.4 Å². The van der Waals surface area contributed by atoms with Crippen molar-refractivity contribution in [1.29, 1.82) is 0 Å². The number of carboxylic acid groups (broad SMARTS) is 1. The minimum Gasteiger partial charge on any atom is -0.494 e. The molecule has 1 saturated heterocycles. The van der Waals surface area contributed by atoms with Gasteiger partial charge < -0.3 is 19.7 Å². The third kappa shape index (κ3) is 5.74. The van der Waals surface area contributed by atoms with Crippen molar-refractivity contribution in [2.45, 2.75) is 51.0 Å². The zero-order valence-electron chi connectivity index (χ0n) is 18.4. The predicted octanol–water partition coefficient (Wildman–Crippen LogP) is 4.51. The fraction of sp³-hybridized carbons (Fsp3) is 0.360. The first-order valence-corrected chi connectivity index (χ1v) is 11.4. The number of aliphatic hydroxyl groups is 1. The zero-order chi connectivity index (χ0) is 23.4. The Morgan fingerprint density at radius 2 is 2.00 bits per heavy atom. The molecule has 174 valence electrons. The van der Waals surface area contributed by atoms with Gasteiger partial charge in [0.05, 0.1) is 31.5 Å². The summed E-state index contributed by atoms with van der Waals surface area (Å²) in [6.07, 6.45) is 1.76. The molecular formula is C25H27ClN2O5. The van der Waals surface area contributed by atoms with Gasteiger partial charge in [-0.3, -0.25) is 4.68 Å². The van der Waals surface area contributed by atoms with Gasteiger partial charge in [-0.25, -0.2) is 4.79 Å². The molecular weight excluding hydrogens is 444 g/mol. The molecule has 2 heterocycles. The predicted molar refractivity (Wildman–Crippen MR) is 124 cm³/mol. The van der Waals surface area contributed by atoms with Crippen LogP contribution in [0.1, 0.15) is 53.0 Å². The highest BCUT2D eigenvalue weighted by Crippen LogP contribution is 2.34. The molecule has 2 N–H and O–H groups in total. The number of aromatic carboxylic acids is 1. The fourth-order valence-corrected chi connectivity index (χ4v) is 4.38. The van der Waals surface area contributed by atoms with E-state index in [1.165, 1.54) is 16.9 Å². The van der Waals surface area contributed by atoms with Gasteiger partial charge >= 0.3 is 5.97 Å². The molecule has 0 bridgehead atoms. The monoisotopic (exact) mass is 470 g/mol. The molecule has 0 radical (unpaired) electrons. The molecule has 0 spiro atoms. The maximum absolute atomic E-state index is 11.4. The van der Waals surface area contributed by atoms with Crippen LogP contribution < -0.4 is 4.74 Å². The highest BCUT2D eigenvalue weighted by molar-refractivity contribution is 6.31. The van der Waals surface area contributed by atoms with Crippen molar-refractivity contribution in [3.8, 4) is 5.75 Å². The summed E-state index contributed by atoms with van der Waals surface area (Å²) in [6, 6.07) is 15.2. The summed E-state index contributed by atoms with van der Waals surface area (Å²) in [5.74, 6) is -0.211. The fourth-order valence-electron chi connectivity index (χ4n) is 4.20. The van der Waals surface area contributed by atoms with Crippen LogP contribution >= 0.6 is 11.6 Å². The quantitative estimate of drug-likeness (QED) is 0.503. The van der Waals surface area contributed by atoms with Gasteiger partial charge in [0.2, 0.25) is 0 Å². The van der Waals surface area contributed by atoms with Crippen molar-refractivity contribution >= 4 is 17.6 Å². The van der Waals surface area contributed by atoms with Gasteiger partial charge in [0.15, 0.2) is 0 Å². The Labute approximate surface area is 197 Å². The van der Waals surface area contributed by atoms with Crippen LogP contribution in [0.3, 0.4) is 0 Å². The molecule has 0 amide bonds. The normalized spacial score (nSPS) is 20.5. The molecule has 3 atom stereocenters. The van der Waals surface area contributed by atoms with Crippen LogP contribution in [0.15, 0.2) is 54.7 Å². The Kier molecular flexibility index (Phi) is 7.33. The molecule has 0 aliphatic carbocycles. The lowest BCUT2D eigenvalue weighted by molar-refractivity contribution is -0.104. The van der Waals surface area contributed by atoms with Crippen molar-refractivity contribution in [3.05, 3.63) is 82.1 Å². The van der Waals surface area contributed by atoms with E-state index in [1.54, 1.807) is 0 Å². The Morgan fingerprint density at radius 3 is 2.73 bits per heavy atom. The minimum absolute atomic E-state index is 0.0966. The van der Waals surface area contributed by atoms with Crippen LogP contribution in [0.25, 0.3) is 0 Å². The van der Waals surface area contributed by atoms with E-state index in [9.17, 15) is 15.0 Å². The molecule has 3 aromatic rings. The highest BCUT2D eigenvalue weighted by atomic mass is 35.5. The van der Waals surface area contributed by atoms with Crippen LogP contribution in [0.2, 0.25) is 5.02 Å². The van der Waals surface area contributed by atoms with E-state index >= 15 is 0 Å². The molecule has 7 nitrogen and oxygen atoms in total. The van der Waals surface area contributed by atoms with Crippen LogP contribution in [-0.2, 0) is 17.7 Å². The Bertz CT molecular complexity index is 1100. The maximum atomic E-state index is 11.4. The summed E-state index contributed by atoms with van der Waals surface area (Å²) in [7, 11) is 0. The van der Waals surface area contributed by atoms with E-state index in [0.717, 1.165) is 22.4 Å². The molecule has 1 aliphatic heterocycles. The average molecular weight is 471 g/mol. The van der Waals surface area contributed by atoms with E-state index in [-0.39, 0.29) is 24.4 Å². The topological polar surface area (TPSA) is 93.8 Å². The van der Waals surface area contributed by atoms with Crippen molar-refractivity contribution in [1.82, 2.24) is 9.78 Å². The highest BCUT2D eigenvalue weighted by Gasteiger charge is 2.31.